The highest BCUT2D eigenvalue weighted by Crippen LogP contribution is 2.32. The summed E-state index contributed by atoms with van der Waals surface area (Å²) in [4.78, 5) is 16.8. The molecule has 3 rings (SSSR count). The molecule has 1 aliphatic rings. The number of thiazole rings is 1. The average Bonchev–Trinajstić information content (AvgIpc) is 2.89. The fourth-order valence-corrected chi connectivity index (χ4v) is 3.31. The van der Waals surface area contributed by atoms with Crippen LogP contribution >= 0.6 is 11.3 Å². The first kappa shape index (κ1) is 15.1. The fourth-order valence-electron chi connectivity index (χ4n) is 2.46. The number of rotatable bonds is 4. The highest BCUT2D eigenvalue weighted by Gasteiger charge is 2.19. The van der Waals surface area contributed by atoms with Crippen LogP contribution in [0.15, 0.2) is 30.3 Å². The third kappa shape index (κ3) is 3.71. The van der Waals surface area contributed by atoms with E-state index in [2.05, 4.69) is 15.6 Å². The van der Waals surface area contributed by atoms with Crippen molar-refractivity contribution in [2.24, 2.45) is 0 Å². The van der Waals surface area contributed by atoms with Gasteiger partial charge in [-0.15, -0.1) is 11.3 Å². The number of aryl methyl sites for hydroxylation is 1. The van der Waals surface area contributed by atoms with E-state index in [4.69, 9.17) is 4.74 Å². The lowest BCUT2D eigenvalue weighted by molar-refractivity contribution is -0.117. The molecule has 1 saturated heterocycles. The second-order valence-corrected chi connectivity index (χ2v) is 6.46. The number of hydrogen-bond acceptors (Lipinski definition) is 5. The van der Waals surface area contributed by atoms with Crippen molar-refractivity contribution in [1.29, 1.82) is 0 Å². The Morgan fingerprint density at radius 2 is 2.27 bits per heavy atom. The van der Waals surface area contributed by atoms with E-state index in [0.29, 0.717) is 19.6 Å². The number of carbonyl (C=O) groups excluding carboxylic acids is 1. The molecule has 2 heterocycles. The van der Waals surface area contributed by atoms with Crippen LogP contribution in [0.2, 0.25) is 0 Å². The predicted molar refractivity (Wildman–Crippen MR) is 88.1 cm³/mol. The summed E-state index contributed by atoms with van der Waals surface area (Å²) in [6, 6.07) is 10.00. The van der Waals surface area contributed by atoms with Crippen molar-refractivity contribution in [3.05, 3.63) is 35.3 Å². The molecule has 22 heavy (non-hydrogen) atoms. The average molecular weight is 317 g/mol. The van der Waals surface area contributed by atoms with E-state index in [1.807, 2.05) is 37.3 Å². The maximum atomic E-state index is 12.2. The largest absolute Gasteiger partial charge is 0.378 e. The summed E-state index contributed by atoms with van der Waals surface area (Å²) in [6.45, 7) is 4.04. The molecule has 0 radical (unpaired) electrons. The van der Waals surface area contributed by atoms with E-state index < -0.39 is 0 Å². The van der Waals surface area contributed by atoms with Gasteiger partial charge in [-0.3, -0.25) is 4.79 Å². The molecule has 5 nitrogen and oxygen atoms in total. The molecular weight excluding hydrogens is 298 g/mol. The minimum atomic E-state index is -0.0103. The van der Waals surface area contributed by atoms with E-state index in [0.717, 1.165) is 27.8 Å². The summed E-state index contributed by atoms with van der Waals surface area (Å²) in [5, 5.41) is 8.04. The molecule has 0 aliphatic carbocycles. The summed E-state index contributed by atoms with van der Waals surface area (Å²) in [6.07, 6.45) is 0.408. The summed E-state index contributed by atoms with van der Waals surface area (Å²) in [5.41, 5.74) is 1.85. The van der Waals surface area contributed by atoms with Crippen LogP contribution in [0.5, 0.6) is 0 Å². The van der Waals surface area contributed by atoms with E-state index in [1.54, 1.807) is 0 Å². The van der Waals surface area contributed by atoms with Gasteiger partial charge in [-0.1, -0.05) is 30.3 Å². The molecule has 1 unspecified atom stereocenters. The van der Waals surface area contributed by atoms with Gasteiger partial charge in [-0.25, -0.2) is 4.98 Å². The van der Waals surface area contributed by atoms with Gasteiger partial charge in [0, 0.05) is 24.6 Å². The monoisotopic (exact) mass is 317 g/mol. The Morgan fingerprint density at radius 3 is 3.00 bits per heavy atom. The quantitative estimate of drug-likeness (QED) is 0.909. The maximum absolute atomic E-state index is 12.2. The Kier molecular flexibility index (Phi) is 4.82. The Hall–Kier alpha value is -1.76. The number of carbonyl (C=O) groups is 1. The van der Waals surface area contributed by atoms with Gasteiger partial charge in [-0.2, -0.15) is 0 Å². The van der Waals surface area contributed by atoms with Gasteiger partial charge in [0.15, 0.2) is 0 Å². The van der Waals surface area contributed by atoms with Crippen LogP contribution < -0.4 is 10.6 Å². The number of benzene rings is 1. The summed E-state index contributed by atoms with van der Waals surface area (Å²) in [7, 11) is 0. The molecule has 1 fully saturated rings. The topological polar surface area (TPSA) is 63.2 Å². The molecule has 2 aromatic rings. The van der Waals surface area contributed by atoms with E-state index in [9.17, 15) is 4.79 Å². The summed E-state index contributed by atoms with van der Waals surface area (Å²) in [5.74, 6) is -0.0103. The van der Waals surface area contributed by atoms with Gasteiger partial charge < -0.3 is 15.4 Å². The van der Waals surface area contributed by atoms with Crippen LogP contribution in [-0.4, -0.2) is 36.7 Å². The van der Waals surface area contributed by atoms with Crippen molar-refractivity contribution >= 4 is 22.2 Å². The first-order chi connectivity index (χ1) is 10.7. The van der Waals surface area contributed by atoms with Crippen molar-refractivity contribution in [2.45, 2.75) is 19.4 Å². The van der Waals surface area contributed by atoms with Gasteiger partial charge >= 0.3 is 0 Å². The number of anilines is 1. The minimum absolute atomic E-state index is 0.0103. The standard InChI is InChI=1S/C16H19N3O2S/c1-11-18-15(12-5-3-2-4-6-12)16(22-11)19-14(20)9-13-10-21-8-7-17-13/h2-6,13,17H,7-10H2,1H3,(H,19,20). The first-order valence-electron chi connectivity index (χ1n) is 7.36. The van der Waals surface area contributed by atoms with Gasteiger partial charge in [0.05, 0.1) is 18.2 Å². The number of nitrogens with one attached hydrogen (secondary N) is 2. The maximum Gasteiger partial charge on any atom is 0.226 e. The molecule has 6 heteroatoms. The Bertz CT molecular complexity index is 636. The molecule has 1 aromatic heterocycles. The van der Waals surface area contributed by atoms with Crippen LogP contribution in [0.4, 0.5) is 5.00 Å². The van der Waals surface area contributed by atoms with Crippen LogP contribution in [0.3, 0.4) is 0 Å². The SMILES string of the molecule is Cc1nc(-c2ccccc2)c(NC(=O)CC2COCCN2)s1. The summed E-state index contributed by atoms with van der Waals surface area (Å²) >= 11 is 1.50. The second-order valence-electron chi connectivity index (χ2n) is 5.25. The van der Waals surface area contributed by atoms with Gasteiger partial charge in [-0.05, 0) is 6.92 Å². The van der Waals surface area contributed by atoms with Crippen LogP contribution in [0, 0.1) is 6.92 Å². The predicted octanol–water partition coefficient (Wildman–Crippen LogP) is 2.44. The number of morpholine rings is 1. The smallest absolute Gasteiger partial charge is 0.226 e. The second kappa shape index (κ2) is 7.00. The highest BCUT2D eigenvalue weighted by molar-refractivity contribution is 7.16. The lowest BCUT2D eigenvalue weighted by atomic mass is 10.1. The molecule has 0 saturated carbocycles. The number of aromatic nitrogens is 1. The molecule has 1 atom stereocenters. The third-order valence-electron chi connectivity index (χ3n) is 3.46. The normalized spacial score (nSPS) is 18.1. The van der Waals surface area contributed by atoms with Gasteiger partial charge in [0.2, 0.25) is 5.91 Å². The number of hydrogen-bond donors (Lipinski definition) is 2. The van der Waals surface area contributed by atoms with E-state index >= 15 is 0 Å². The lowest BCUT2D eigenvalue weighted by Gasteiger charge is -2.23. The van der Waals surface area contributed by atoms with Crippen molar-refractivity contribution < 1.29 is 9.53 Å². The molecule has 0 bridgehead atoms. The molecule has 1 aliphatic heterocycles. The van der Waals surface area contributed by atoms with Crippen molar-refractivity contribution in [3.8, 4) is 11.3 Å². The van der Waals surface area contributed by atoms with Crippen LogP contribution in [0.25, 0.3) is 11.3 Å². The van der Waals surface area contributed by atoms with Gasteiger partial charge in [0.1, 0.15) is 10.7 Å². The fraction of sp³-hybridized carbons (Fsp3) is 0.375. The molecule has 2 N–H and O–H groups in total. The third-order valence-corrected chi connectivity index (χ3v) is 4.35. The number of nitrogens with zero attached hydrogens (tertiary/aromatic N) is 1. The molecule has 116 valence electrons. The molecule has 1 amide bonds. The Balaban J connectivity index is 1.71. The Labute approximate surface area is 133 Å². The van der Waals surface area contributed by atoms with Crippen molar-refractivity contribution in [2.75, 3.05) is 25.1 Å². The highest BCUT2D eigenvalue weighted by atomic mass is 32.1. The van der Waals surface area contributed by atoms with Crippen molar-refractivity contribution in [3.63, 3.8) is 0 Å². The number of ether oxygens (including phenoxy) is 1. The van der Waals surface area contributed by atoms with E-state index in [-0.39, 0.29) is 11.9 Å². The zero-order chi connectivity index (χ0) is 15.4. The number of amides is 1. The Morgan fingerprint density at radius 1 is 1.45 bits per heavy atom. The van der Waals surface area contributed by atoms with Crippen molar-refractivity contribution in [1.82, 2.24) is 10.3 Å². The first-order valence-corrected chi connectivity index (χ1v) is 8.18. The molecule has 0 spiro atoms. The van der Waals surface area contributed by atoms with E-state index in [1.165, 1.54) is 11.3 Å². The zero-order valence-corrected chi connectivity index (χ0v) is 13.3. The summed E-state index contributed by atoms with van der Waals surface area (Å²) < 4.78 is 5.38. The van der Waals surface area contributed by atoms with Gasteiger partial charge in [0.25, 0.3) is 0 Å². The minimum Gasteiger partial charge on any atom is -0.378 e. The lowest BCUT2D eigenvalue weighted by Crippen LogP contribution is -2.43. The zero-order valence-electron chi connectivity index (χ0n) is 12.5. The molecular formula is C16H19N3O2S. The molecule has 1 aromatic carbocycles. The van der Waals surface area contributed by atoms with Crippen LogP contribution in [-0.2, 0) is 9.53 Å². The van der Waals surface area contributed by atoms with Crippen LogP contribution in [0.1, 0.15) is 11.4 Å².